The maximum absolute atomic E-state index is 12.1. The fourth-order valence-corrected chi connectivity index (χ4v) is 3.07. The van der Waals surface area contributed by atoms with Crippen LogP contribution in [0.4, 0.5) is 5.69 Å². The molecule has 0 fully saturated rings. The number of hydrogen-bond donors (Lipinski definition) is 1. The molecule has 3 aromatic rings. The predicted molar refractivity (Wildman–Crippen MR) is 101 cm³/mol. The number of anilines is 1. The van der Waals surface area contributed by atoms with Crippen molar-refractivity contribution in [1.82, 2.24) is 25.2 Å². The molecule has 2 aromatic heterocycles. The van der Waals surface area contributed by atoms with E-state index in [0.29, 0.717) is 10.8 Å². The van der Waals surface area contributed by atoms with Crippen LogP contribution in [0.15, 0.2) is 53.9 Å². The molecule has 134 valence electrons. The summed E-state index contributed by atoms with van der Waals surface area (Å²) in [7, 11) is 0. The molecule has 3 rings (SSSR count). The van der Waals surface area contributed by atoms with Crippen molar-refractivity contribution < 1.29 is 4.79 Å². The fourth-order valence-electron chi connectivity index (χ4n) is 2.38. The van der Waals surface area contributed by atoms with E-state index in [1.165, 1.54) is 30.2 Å². The van der Waals surface area contributed by atoms with Gasteiger partial charge in [-0.15, -0.1) is 5.10 Å². The summed E-state index contributed by atoms with van der Waals surface area (Å²) in [5, 5.41) is 15.1. The van der Waals surface area contributed by atoms with Crippen molar-refractivity contribution in [2.24, 2.45) is 0 Å². The predicted octanol–water partition coefficient (Wildman–Crippen LogP) is 3.13. The van der Waals surface area contributed by atoms with Crippen molar-refractivity contribution >= 4 is 23.4 Å². The van der Waals surface area contributed by atoms with Gasteiger partial charge in [-0.2, -0.15) is 4.68 Å². The minimum atomic E-state index is -0.132. The smallest absolute Gasteiger partial charge is 0.234 e. The molecule has 1 aromatic carbocycles. The van der Waals surface area contributed by atoms with Crippen LogP contribution in [-0.4, -0.2) is 36.9 Å². The van der Waals surface area contributed by atoms with E-state index in [-0.39, 0.29) is 11.7 Å². The third-order valence-electron chi connectivity index (χ3n) is 3.72. The summed E-state index contributed by atoms with van der Waals surface area (Å²) in [4.78, 5) is 16.0. The molecule has 0 bridgehead atoms. The monoisotopic (exact) mass is 368 g/mol. The van der Waals surface area contributed by atoms with Crippen molar-refractivity contribution in [3.63, 3.8) is 0 Å². The van der Waals surface area contributed by atoms with Crippen LogP contribution in [0.1, 0.15) is 25.3 Å². The highest BCUT2D eigenvalue weighted by atomic mass is 32.2. The standard InChI is InChI=1S/C18H20N6OS/c1-2-3-5-14-7-9-16(10-8-14)24-18(21-22-23-24)26-13-17(25)20-15-6-4-11-19-12-15/h4,6-12H,2-3,5,13H2,1H3,(H,20,25). The van der Waals surface area contributed by atoms with E-state index in [1.807, 2.05) is 12.1 Å². The second kappa shape index (κ2) is 9.10. The van der Waals surface area contributed by atoms with Gasteiger partial charge in [0.05, 0.1) is 23.3 Å². The van der Waals surface area contributed by atoms with Crippen molar-refractivity contribution in [1.29, 1.82) is 0 Å². The number of thioether (sulfide) groups is 1. The number of hydrogen-bond acceptors (Lipinski definition) is 6. The molecule has 8 heteroatoms. The van der Waals surface area contributed by atoms with Gasteiger partial charge < -0.3 is 5.32 Å². The van der Waals surface area contributed by atoms with E-state index in [1.54, 1.807) is 29.2 Å². The van der Waals surface area contributed by atoms with Gasteiger partial charge in [-0.25, -0.2) is 0 Å². The van der Waals surface area contributed by atoms with Gasteiger partial charge in [0.25, 0.3) is 0 Å². The maximum Gasteiger partial charge on any atom is 0.234 e. The number of unbranched alkanes of at least 4 members (excludes halogenated alkanes) is 1. The van der Waals surface area contributed by atoms with Gasteiger partial charge in [0.2, 0.25) is 11.1 Å². The average molecular weight is 368 g/mol. The summed E-state index contributed by atoms with van der Waals surface area (Å²) in [5.41, 5.74) is 2.85. The number of nitrogens with one attached hydrogen (secondary N) is 1. The van der Waals surface area contributed by atoms with E-state index >= 15 is 0 Å². The van der Waals surface area contributed by atoms with Crippen LogP contribution in [0.5, 0.6) is 0 Å². The topological polar surface area (TPSA) is 85.6 Å². The summed E-state index contributed by atoms with van der Waals surface area (Å²) in [6.07, 6.45) is 6.69. The highest BCUT2D eigenvalue weighted by Gasteiger charge is 2.12. The molecule has 1 N–H and O–H groups in total. The second-order valence-corrected chi connectivity index (χ2v) is 6.66. The Labute approximate surface area is 156 Å². The van der Waals surface area contributed by atoms with Gasteiger partial charge in [-0.3, -0.25) is 9.78 Å². The van der Waals surface area contributed by atoms with Crippen molar-refractivity contribution in [2.75, 3.05) is 11.1 Å². The SMILES string of the molecule is CCCCc1ccc(-n2nnnc2SCC(=O)Nc2cccnc2)cc1. The lowest BCUT2D eigenvalue weighted by Gasteiger charge is -2.06. The van der Waals surface area contributed by atoms with Gasteiger partial charge in [0.15, 0.2) is 0 Å². The first kappa shape index (κ1) is 18.1. The average Bonchev–Trinajstić information content (AvgIpc) is 3.14. The molecule has 0 spiro atoms. The second-order valence-electron chi connectivity index (χ2n) is 5.72. The Bertz CT molecular complexity index is 834. The molecular formula is C18H20N6OS. The van der Waals surface area contributed by atoms with Gasteiger partial charge in [0.1, 0.15) is 0 Å². The van der Waals surface area contributed by atoms with Crippen LogP contribution in [0.25, 0.3) is 5.69 Å². The van der Waals surface area contributed by atoms with Crippen molar-refractivity contribution in [3.05, 3.63) is 54.4 Å². The number of amides is 1. The lowest BCUT2D eigenvalue weighted by atomic mass is 10.1. The normalized spacial score (nSPS) is 10.7. The number of rotatable bonds is 8. The number of benzene rings is 1. The van der Waals surface area contributed by atoms with E-state index in [9.17, 15) is 4.79 Å². The molecular weight excluding hydrogens is 348 g/mol. The van der Waals surface area contributed by atoms with Gasteiger partial charge >= 0.3 is 0 Å². The molecule has 0 saturated heterocycles. The minimum absolute atomic E-state index is 0.132. The number of carbonyl (C=O) groups is 1. The zero-order valence-corrected chi connectivity index (χ0v) is 15.3. The molecule has 0 aliphatic heterocycles. The number of tetrazole rings is 1. The van der Waals surface area contributed by atoms with Crippen molar-refractivity contribution in [2.45, 2.75) is 31.3 Å². The molecule has 7 nitrogen and oxygen atoms in total. The fraction of sp³-hybridized carbons (Fsp3) is 0.278. The van der Waals surface area contributed by atoms with Gasteiger partial charge in [0, 0.05) is 6.20 Å². The lowest BCUT2D eigenvalue weighted by Crippen LogP contribution is -2.14. The molecule has 0 unspecified atom stereocenters. The Morgan fingerprint density at radius 2 is 2.08 bits per heavy atom. The molecule has 0 saturated carbocycles. The first-order valence-corrected chi connectivity index (χ1v) is 9.45. The number of pyridine rings is 1. The quantitative estimate of drug-likeness (QED) is 0.615. The Kier molecular flexibility index (Phi) is 6.32. The Morgan fingerprint density at radius 3 is 2.81 bits per heavy atom. The van der Waals surface area contributed by atoms with E-state index in [4.69, 9.17) is 0 Å². The van der Waals surface area contributed by atoms with Crippen LogP contribution in [0, 0.1) is 0 Å². The minimum Gasteiger partial charge on any atom is -0.324 e. The van der Waals surface area contributed by atoms with Crippen molar-refractivity contribution in [3.8, 4) is 5.69 Å². The third kappa shape index (κ3) is 4.89. The molecule has 0 atom stereocenters. The Morgan fingerprint density at radius 1 is 1.23 bits per heavy atom. The third-order valence-corrected chi connectivity index (χ3v) is 4.64. The van der Waals surface area contributed by atoms with Crippen LogP contribution in [0.2, 0.25) is 0 Å². The van der Waals surface area contributed by atoms with E-state index in [0.717, 1.165) is 12.1 Å². The van der Waals surface area contributed by atoms with Crippen LogP contribution < -0.4 is 5.32 Å². The number of nitrogens with zero attached hydrogens (tertiary/aromatic N) is 5. The maximum atomic E-state index is 12.1. The van der Waals surface area contributed by atoms with Crippen LogP contribution >= 0.6 is 11.8 Å². The molecule has 0 aliphatic carbocycles. The molecule has 0 radical (unpaired) electrons. The Balaban J connectivity index is 1.60. The highest BCUT2D eigenvalue weighted by molar-refractivity contribution is 7.99. The van der Waals surface area contributed by atoms with Gasteiger partial charge in [-0.05, 0) is 53.1 Å². The van der Waals surface area contributed by atoms with Crippen LogP contribution in [-0.2, 0) is 11.2 Å². The van der Waals surface area contributed by atoms with Crippen LogP contribution in [0.3, 0.4) is 0 Å². The summed E-state index contributed by atoms with van der Waals surface area (Å²) in [5.74, 6) is 0.0802. The lowest BCUT2D eigenvalue weighted by molar-refractivity contribution is -0.113. The Hall–Kier alpha value is -2.74. The summed E-state index contributed by atoms with van der Waals surface area (Å²) in [6, 6.07) is 11.8. The molecule has 26 heavy (non-hydrogen) atoms. The summed E-state index contributed by atoms with van der Waals surface area (Å²) < 4.78 is 1.64. The molecule has 1 amide bonds. The first-order valence-electron chi connectivity index (χ1n) is 8.46. The largest absolute Gasteiger partial charge is 0.324 e. The number of carbonyl (C=O) groups excluding carboxylic acids is 1. The summed E-state index contributed by atoms with van der Waals surface area (Å²) >= 11 is 1.29. The zero-order chi connectivity index (χ0) is 18.2. The van der Waals surface area contributed by atoms with E-state index in [2.05, 4.69) is 44.9 Å². The van der Waals surface area contributed by atoms with Gasteiger partial charge in [-0.1, -0.05) is 37.2 Å². The number of aromatic nitrogens is 5. The molecule has 0 aliphatic rings. The zero-order valence-electron chi connectivity index (χ0n) is 14.5. The number of aryl methyl sites for hydroxylation is 1. The highest BCUT2D eigenvalue weighted by Crippen LogP contribution is 2.19. The molecule has 2 heterocycles. The van der Waals surface area contributed by atoms with E-state index < -0.39 is 0 Å². The first-order chi connectivity index (χ1) is 12.8. The summed E-state index contributed by atoms with van der Waals surface area (Å²) in [6.45, 7) is 2.18.